The van der Waals surface area contributed by atoms with E-state index in [0.717, 1.165) is 46.3 Å². The lowest BCUT2D eigenvalue weighted by molar-refractivity contribution is 0.509. The molecule has 0 spiro atoms. The van der Waals surface area contributed by atoms with Crippen LogP contribution in [0.5, 0.6) is 0 Å². The zero-order valence-corrected chi connectivity index (χ0v) is 16.2. The Morgan fingerprint density at radius 1 is 1.46 bits per heavy atom. The van der Waals surface area contributed by atoms with E-state index in [9.17, 15) is 4.79 Å². The van der Waals surface area contributed by atoms with E-state index in [1.54, 1.807) is 23.1 Å². The second-order valence-corrected chi connectivity index (χ2v) is 9.49. The van der Waals surface area contributed by atoms with Crippen LogP contribution in [-0.4, -0.2) is 32.3 Å². The number of aryl methyl sites for hydroxylation is 1. The Hall–Kier alpha value is -0.920. The largest absolute Gasteiger partial charge is 0.358 e. The van der Waals surface area contributed by atoms with E-state index >= 15 is 0 Å². The van der Waals surface area contributed by atoms with Crippen molar-refractivity contribution in [3.05, 3.63) is 26.6 Å². The van der Waals surface area contributed by atoms with Crippen molar-refractivity contribution in [1.82, 2.24) is 14.9 Å². The van der Waals surface area contributed by atoms with Gasteiger partial charge in [0.05, 0.1) is 11.1 Å². The fraction of sp³-hybridized carbons (Fsp3) is 0.588. The lowest BCUT2D eigenvalue weighted by atomic mass is 9.89. The van der Waals surface area contributed by atoms with Crippen molar-refractivity contribution in [2.75, 3.05) is 13.1 Å². The Balaban J connectivity index is 1.56. The predicted molar refractivity (Wildman–Crippen MR) is 106 cm³/mol. The maximum absolute atomic E-state index is 12.6. The standard InChI is InChI=1S/C17H21N3OS3/c1-10-4-5-11-12(8-10)24-16-14(11)15(21)18-13(19-16)9-23-17(22)20-6-2-3-7-20/h10H,2-9H2,1H3,(H,18,19,21)/t10-/m1/s1. The average molecular weight is 380 g/mol. The molecule has 2 aromatic heterocycles. The van der Waals surface area contributed by atoms with Gasteiger partial charge in [-0.15, -0.1) is 11.3 Å². The fourth-order valence-corrected chi connectivity index (χ4v) is 6.11. The molecule has 128 valence electrons. The van der Waals surface area contributed by atoms with Crippen LogP contribution in [0, 0.1) is 5.92 Å². The van der Waals surface area contributed by atoms with Gasteiger partial charge < -0.3 is 9.88 Å². The molecule has 1 atom stereocenters. The summed E-state index contributed by atoms with van der Waals surface area (Å²) < 4.78 is 0.926. The number of hydrogen-bond acceptors (Lipinski definition) is 5. The summed E-state index contributed by atoms with van der Waals surface area (Å²) in [5.74, 6) is 2.09. The number of nitrogens with zero attached hydrogens (tertiary/aromatic N) is 2. The minimum absolute atomic E-state index is 0.0229. The van der Waals surface area contributed by atoms with E-state index in [1.807, 2.05) is 0 Å². The van der Waals surface area contributed by atoms with Gasteiger partial charge in [0.15, 0.2) is 0 Å². The van der Waals surface area contributed by atoms with Crippen molar-refractivity contribution in [3.8, 4) is 0 Å². The van der Waals surface area contributed by atoms with Crippen molar-refractivity contribution >= 4 is 49.9 Å². The number of thioether (sulfide) groups is 1. The van der Waals surface area contributed by atoms with E-state index in [2.05, 4.69) is 16.8 Å². The van der Waals surface area contributed by atoms with Crippen molar-refractivity contribution < 1.29 is 0 Å². The molecule has 1 saturated heterocycles. The van der Waals surface area contributed by atoms with Gasteiger partial charge in [-0.2, -0.15) is 0 Å². The van der Waals surface area contributed by atoms with Crippen LogP contribution in [0.25, 0.3) is 10.2 Å². The Morgan fingerprint density at radius 2 is 2.25 bits per heavy atom. The van der Waals surface area contributed by atoms with Gasteiger partial charge in [0.2, 0.25) is 0 Å². The van der Waals surface area contributed by atoms with Crippen LogP contribution in [-0.2, 0) is 18.6 Å². The van der Waals surface area contributed by atoms with Gasteiger partial charge in [-0.3, -0.25) is 4.79 Å². The highest BCUT2D eigenvalue weighted by molar-refractivity contribution is 8.22. The molecule has 3 heterocycles. The zero-order valence-electron chi connectivity index (χ0n) is 13.8. The number of likely N-dealkylation sites (tertiary alicyclic amines) is 1. The van der Waals surface area contributed by atoms with Gasteiger partial charge >= 0.3 is 0 Å². The van der Waals surface area contributed by atoms with Crippen LogP contribution in [0.1, 0.15) is 42.5 Å². The summed E-state index contributed by atoms with van der Waals surface area (Å²) in [6.45, 7) is 4.40. The SMILES string of the molecule is C[C@@H]1CCc2c(sc3nc(CSC(=S)N4CCCC4)[nH]c(=O)c23)C1. The number of hydrogen-bond donors (Lipinski definition) is 1. The number of thiocarbonyl (C=S) groups is 1. The number of aromatic amines is 1. The molecule has 1 aliphatic carbocycles. The maximum Gasteiger partial charge on any atom is 0.259 e. The molecule has 0 unspecified atom stereocenters. The lowest BCUT2D eigenvalue weighted by Gasteiger charge is -2.17. The Morgan fingerprint density at radius 3 is 3.04 bits per heavy atom. The lowest BCUT2D eigenvalue weighted by Crippen LogP contribution is -2.23. The topological polar surface area (TPSA) is 49.0 Å². The first kappa shape index (κ1) is 16.5. The van der Waals surface area contributed by atoms with Gasteiger partial charge in [-0.05, 0) is 43.6 Å². The molecule has 24 heavy (non-hydrogen) atoms. The van der Waals surface area contributed by atoms with E-state index in [-0.39, 0.29) is 5.56 Å². The minimum Gasteiger partial charge on any atom is -0.358 e. The van der Waals surface area contributed by atoms with E-state index in [0.29, 0.717) is 11.7 Å². The summed E-state index contributed by atoms with van der Waals surface area (Å²) in [5.41, 5.74) is 1.27. The molecule has 0 amide bonds. The van der Waals surface area contributed by atoms with Crippen molar-refractivity contribution in [2.24, 2.45) is 5.92 Å². The predicted octanol–water partition coefficient (Wildman–Crippen LogP) is 3.72. The first-order valence-corrected chi connectivity index (χ1v) is 10.8. The summed E-state index contributed by atoms with van der Waals surface area (Å²) in [5, 5.41) is 0.831. The highest BCUT2D eigenvalue weighted by atomic mass is 32.2. The first-order chi connectivity index (χ1) is 11.6. The molecule has 0 saturated carbocycles. The Bertz CT molecular complexity index is 835. The molecule has 1 aliphatic heterocycles. The highest BCUT2D eigenvalue weighted by Gasteiger charge is 2.23. The monoisotopic (exact) mass is 379 g/mol. The molecular formula is C17H21N3OS3. The fourth-order valence-electron chi connectivity index (χ4n) is 3.58. The van der Waals surface area contributed by atoms with Crippen LogP contribution in [0.4, 0.5) is 0 Å². The van der Waals surface area contributed by atoms with Gasteiger partial charge in [0, 0.05) is 18.0 Å². The maximum atomic E-state index is 12.6. The van der Waals surface area contributed by atoms with Crippen LogP contribution in [0.15, 0.2) is 4.79 Å². The highest BCUT2D eigenvalue weighted by Crippen LogP contribution is 2.35. The molecule has 4 rings (SSSR count). The summed E-state index contributed by atoms with van der Waals surface area (Å²) in [6.07, 6.45) is 5.70. The molecule has 4 nitrogen and oxygen atoms in total. The number of fused-ring (bicyclic) bond motifs is 3. The van der Waals surface area contributed by atoms with Gasteiger partial charge in [0.25, 0.3) is 5.56 Å². The Labute approximate surface area is 155 Å². The number of aromatic nitrogens is 2. The molecule has 1 N–H and O–H groups in total. The smallest absolute Gasteiger partial charge is 0.259 e. The summed E-state index contributed by atoms with van der Waals surface area (Å²) >= 11 is 8.81. The summed E-state index contributed by atoms with van der Waals surface area (Å²) in [6, 6.07) is 0. The zero-order chi connectivity index (χ0) is 16.7. The van der Waals surface area contributed by atoms with Gasteiger partial charge in [-0.25, -0.2) is 4.98 Å². The third-order valence-corrected chi connectivity index (χ3v) is 7.59. The van der Waals surface area contributed by atoms with Gasteiger partial charge in [0.1, 0.15) is 15.0 Å². The third-order valence-electron chi connectivity index (χ3n) is 4.91. The molecule has 7 heteroatoms. The van der Waals surface area contributed by atoms with Crippen LogP contribution in [0.2, 0.25) is 0 Å². The van der Waals surface area contributed by atoms with Crippen molar-refractivity contribution in [2.45, 2.75) is 44.8 Å². The van der Waals surface area contributed by atoms with Crippen molar-refractivity contribution in [1.29, 1.82) is 0 Å². The molecule has 0 bridgehead atoms. The average Bonchev–Trinajstić information content (AvgIpc) is 3.19. The van der Waals surface area contributed by atoms with Crippen LogP contribution in [0.3, 0.4) is 0 Å². The van der Waals surface area contributed by atoms with Crippen LogP contribution >= 0.6 is 35.3 Å². The number of H-pyrrole nitrogens is 1. The van der Waals surface area contributed by atoms with Gasteiger partial charge in [-0.1, -0.05) is 30.9 Å². The quantitative estimate of drug-likeness (QED) is 0.806. The second-order valence-electron chi connectivity index (χ2n) is 6.79. The molecule has 2 aliphatic rings. The van der Waals surface area contributed by atoms with Crippen LogP contribution < -0.4 is 5.56 Å². The van der Waals surface area contributed by atoms with E-state index < -0.39 is 0 Å². The minimum atomic E-state index is 0.0229. The molecule has 0 radical (unpaired) electrons. The number of nitrogens with one attached hydrogen (secondary N) is 1. The molecule has 1 fully saturated rings. The Kier molecular flexibility index (Phi) is 4.66. The number of rotatable bonds is 2. The third kappa shape index (κ3) is 3.13. The van der Waals surface area contributed by atoms with E-state index in [1.165, 1.54) is 29.7 Å². The molecule has 2 aromatic rings. The molecular weight excluding hydrogens is 358 g/mol. The molecule has 0 aromatic carbocycles. The summed E-state index contributed by atoms with van der Waals surface area (Å²) in [7, 11) is 0. The first-order valence-electron chi connectivity index (χ1n) is 8.57. The normalized spacial score (nSPS) is 20.5. The van der Waals surface area contributed by atoms with Crippen molar-refractivity contribution in [3.63, 3.8) is 0 Å². The second kappa shape index (κ2) is 6.77. The summed E-state index contributed by atoms with van der Waals surface area (Å²) in [4.78, 5) is 24.8. The number of thiophene rings is 1. The van der Waals surface area contributed by atoms with E-state index in [4.69, 9.17) is 17.2 Å².